The smallest absolute Gasteiger partial charge is 0.230 e. The lowest BCUT2D eigenvalue weighted by atomic mass is 10.1. The van der Waals surface area contributed by atoms with E-state index in [9.17, 15) is 14.0 Å². The number of hydrogen-bond acceptors (Lipinski definition) is 5. The third kappa shape index (κ3) is 6.16. The van der Waals surface area contributed by atoms with Crippen LogP contribution < -0.4 is 10.6 Å². The maximum Gasteiger partial charge on any atom is 0.230 e. The van der Waals surface area contributed by atoms with Gasteiger partial charge in [-0.25, -0.2) is 9.37 Å². The van der Waals surface area contributed by atoms with Crippen molar-refractivity contribution in [3.05, 3.63) is 51.9 Å². The van der Waals surface area contributed by atoms with Gasteiger partial charge >= 0.3 is 0 Å². The predicted octanol–water partition coefficient (Wildman–Crippen LogP) is 4.05. The zero-order valence-electron chi connectivity index (χ0n) is 13.8. The van der Waals surface area contributed by atoms with Crippen molar-refractivity contribution in [1.29, 1.82) is 0 Å². The third-order valence-corrected chi connectivity index (χ3v) is 4.79. The number of pyridine rings is 1. The molecule has 0 aliphatic heterocycles. The van der Waals surface area contributed by atoms with E-state index >= 15 is 0 Å². The summed E-state index contributed by atoms with van der Waals surface area (Å²) in [7, 11) is 0. The second-order valence-electron chi connectivity index (χ2n) is 5.25. The monoisotopic (exact) mass is 415 g/mol. The van der Waals surface area contributed by atoms with Crippen LogP contribution in [0.4, 0.5) is 10.2 Å². The van der Waals surface area contributed by atoms with E-state index in [4.69, 9.17) is 23.2 Å². The number of amides is 1. The summed E-state index contributed by atoms with van der Waals surface area (Å²) in [5.74, 6) is -0.410. The van der Waals surface area contributed by atoms with E-state index in [0.717, 1.165) is 11.8 Å². The molecule has 0 saturated heterocycles. The number of nitrogens with one attached hydrogen (secondary N) is 2. The van der Waals surface area contributed by atoms with Gasteiger partial charge in [0.2, 0.25) is 5.91 Å². The summed E-state index contributed by atoms with van der Waals surface area (Å²) in [6.45, 7) is 2.15. The molecule has 0 aliphatic rings. The van der Waals surface area contributed by atoms with Gasteiger partial charge in [0.05, 0.1) is 15.8 Å². The Balaban J connectivity index is 1.73. The Morgan fingerprint density at radius 2 is 2.00 bits per heavy atom. The molecule has 0 fully saturated rings. The quantitative estimate of drug-likeness (QED) is 0.386. The number of nitrogens with zero attached hydrogens (tertiary/aromatic N) is 1. The van der Waals surface area contributed by atoms with Gasteiger partial charge in [-0.2, -0.15) is 0 Å². The fourth-order valence-corrected chi connectivity index (χ4v) is 3.16. The molecule has 0 spiro atoms. The van der Waals surface area contributed by atoms with Crippen LogP contribution in [0.1, 0.15) is 17.3 Å². The Kier molecular flexibility index (Phi) is 7.68. The van der Waals surface area contributed by atoms with Gasteiger partial charge in [0.1, 0.15) is 11.6 Å². The van der Waals surface area contributed by atoms with Crippen LogP contribution in [0.2, 0.25) is 10.0 Å². The first-order valence-corrected chi connectivity index (χ1v) is 9.36. The molecular formula is C17H16Cl2FN3O2S. The first kappa shape index (κ1) is 20.5. The van der Waals surface area contributed by atoms with Crippen LogP contribution in [0.15, 0.2) is 35.4 Å². The number of ketones is 1. The second-order valence-corrected chi connectivity index (χ2v) is 7.11. The van der Waals surface area contributed by atoms with Crippen LogP contribution in [0.5, 0.6) is 0 Å². The highest BCUT2D eigenvalue weighted by atomic mass is 35.5. The zero-order chi connectivity index (χ0) is 19.1. The summed E-state index contributed by atoms with van der Waals surface area (Å²) in [6.07, 6.45) is 1.47. The molecule has 26 heavy (non-hydrogen) atoms. The van der Waals surface area contributed by atoms with E-state index in [0.29, 0.717) is 39.4 Å². The summed E-state index contributed by atoms with van der Waals surface area (Å²) >= 11 is 12.8. The maximum atomic E-state index is 13.9. The highest BCUT2D eigenvalue weighted by molar-refractivity contribution is 8.00. The molecule has 9 heteroatoms. The van der Waals surface area contributed by atoms with Gasteiger partial charge in [-0.05, 0) is 25.1 Å². The van der Waals surface area contributed by atoms with E-state index in [1.807, 2.05) is 0 Å². The summed E-state index contributed by atoms with van der Waals surface area (Å²) < 4.78 is 13.9. The molecular weight excluding hydrogens is 400 g/mol. The number of aromatic nitrogens is 1. The van der Waals surface area contributed by atoms with Crippen molar-refractivity contribution in [1.82, 2.24) is 10.3 Å². The lowest BCUT2D eigenvalue weighted by molar-refractivity contribution is -0.118. The molecule has 5 nitrogen and oxygen atoms in total. The van der Waals surface area contributed by atoms with E-state index in [-0.39, 0.29) is 17.4 Å². The summed E-state index contributed by atoms with van der Waals surface area (Å²) in [6, 6.07) is 5.78. The Morgan fingerprint density at radius 1 is 1.23 bits per heavy atom. The molecule has 1 aromatic heterocycles. The number of carbonyl (C=O) groups is 2. The standard InChI is InChI=1S/C17H16Cl2FN3O2S/c1-10(24)11-2-3-15(14(20)6-11)26-9-16(25)21-4-5-22-17-13(19)7-12(18)8-23-17/h2-3,6-8H,4-5,9H2,1H3,(H,21,25)(H,22,23). The van der Waals surface area contributed by atoms with Crippen LogP contribution in [0.25, 0.3) is 0 Å². The minimum Gasteiger partial charge on any atom is -0.367 e. The van der Waals surface area contributed by atoms with Crippen molar-refractivity contribution in [3.8, 4) is 0 Å². The van der Waals surface area contributed by atoms with Gasteiger partial charge in [-0.3, -0.25) is 9.59 Å². The molecule has 0 aliphatic carbocycles. The predicted molar refractivity (Wildman–Crippen MR) is 103 cm³/mol. The summed E-state index contributed by atoms with van der Waals surface area (Å²) in [5.41, 5.74) is 0.303. The van der Waals surface area contributed by atoms with Crippen molar-refractivity contribution in [2.45, 2.75) is 11.8 Å². The number of halogens is 3. The molecule has 2 aromatic rings. The lowest BCUT2D eigenvalue weighted by Crippen LogP contribution is -2.30. The van der Waals surface area contributed by atoms with E-state index in [2.05, 4.69) is 15.6 Å². The molecule has 1 heterocycles. The largest absolute Gasteiger partial charge is 0.367 e. The lowest BCUT2D eigenvalue weighted by Gasteiger charge is -2.09. The summed E-state index contributed by atoms with van der Waals surface area (Å²) in [4.78, 5) is 27.4. The van der Waals surface area contributed by atoms with Crippen LogP contribution in [-0.4, -0.2) is 35.5 Å². The average Bonchev–Trinajstić information content (AvgIpc) is 2.59. The SMILES string of the molecule is CC(=O)c1ccc(SCC(=O)NCCNc2ncc(Cl)cc2Cl)c(F)c1. The number of rotatable bonds is 8. The molecule has 0 bridgehead atoms. The minimum absolute atomic E-state index is 0.0658. The Morgan fingerprint density at radius 3 is 2.65 bits per heavy atom. The highest BCUT2D eigenvalue weighted by Crippen LogP contribution is 2.23. The van der Waals surface area contributed by atoms with E-state index < -0.39 is 5.82 Å². The number of carbonyl (C=O) groups excluding carboxylic acids is 2. The zero-order valence-corrected chi connectivity index (χ0v) is 16.1. The summed E-state index contributed by atoms with van der Waals surface area (Å²) in [5, 5.41) is 6.52. The van der Waals surface area contributed by atoms with Crippen LogP contribution in [-0.2, 0) is 4.79 Å². The first-order valence-electron chi connectivity index (χ1n) is 7.61. The molecule has 0 saturated carbocycles. The van der Waals surface area contributed by atoms with Crippen molar-refractivity contribution in [2.24, 2.45) is 0 Å². The molecule has 0 atom stereocenters. The van der Waals surface area contributed by atoms with Gasteiger partial charge < -0.3 is 10.6 Å². The average molecular weight is 416 g/mol. The van der Waals surface area contributed by atoms with E-state index in [1.165, 1.54) is 25.3 Å². The van der Waals surface area contributed by atoms with Gasteiger partial charge in [0.15, 0.2) is 5.78 Å². The fourth-order valence-electron chi connectivity index (χ4n) is 1.96. The van der Waals surface area contributed by atoms with Crippen LogP contribution in [0, 0.1) is 5.82 Å². The second kappa shape index (κ2) is 9.75. The van der Waals surface area contributed by atoms with Gasteiger partial charge in [-0.1, -0.05) is 29.3 Å². The topological polar surface area (TPSA) is 71.1 Å². The molecule has 2 rings (SSSR count). The first-order chi connectivity index (χ1) is 12.4. The number of anilines is 1. The molecule has 1 aromatic carbocycles. The van der Waals surface area contributed by atoms with Crippen LogP contribution >= 0.6 is 35.0 Å². The molecule has 2 N–H and O–H groups in total. The maximum absolute atomic E-state index is 13.9. The fraction of sp³-hybridized carbons (Fsp3) is 0.235. The molecule has 0 radical (unpaired) electrons. The molecule has 0 unspecified atom stereocenters. The number of benzene rings is 1. The van der Waals surface area contributed by atoms with Crippen molar-refractivity contribution in [2.75, 3.05) is 24.2 Å². The number of hydrogen-bond donors (Lipinski definition) is 2. The Labute approximate surface area is 164 Å². The van der Waals surface area contributed by atoms with E-state index in [1.54, 1.807) is 12.1 Å². The van der Waals surface area contributed by atoms with Crippen molar-refractivity contribution < 1.29 is 14.0 Å². The van der Waals surface area contributed by atoms with Crippen molar-refractivity contribution in [3.63, 3.8) is 0 Å². The number of Topliss-reactive ketones (excluding diaryl/α,β-unsaturated/α-hetero) is 1. The molecule has 138 valence electrons. The minimum atomic E-state index is -0.513. The highest BCUT2D eigenvalue weighted by Gasteiger charge is 2.09. The number of thioether (sulfide) groups is 1. The third-order valence-electron chi connectivity index (χ3n) is 3.24. The van der Waals surface area contributed by atoms with Crippen molar-refractivity contribution >= 4 is 52.5 Å². The van der Waals surface area contributed by atoms with Gasteiger partial charge in [-0.15, -0.1) is 11.8 Å². The molecule has 1 amide bonds. The Bertz CT molecular complexity index is 821. The van der Waals surface area contributed by atoms with Crippen LogP contribution in [0.3, 0.4) is 0 Å². The Hall–Kier alpha value is -1.83. The van der Waals surface area contributed by atoms with Gasteiger partial charge in [0, 0.05) is 29.7 Å². The van der Waals surface area contributed by atoms with Gasteiger partial charge in [0.25, 0.3) is 0 Å². The normalized spacial score (nSPS) is 10.5.